The average molecular weight is 388 g/mol. The monoisotopic (exact) mass is 388 g/mol. The highest BCUT2D eigenvalue weighted by Gasteiger charge is 2.05. The van der Waals surface area contributed by atoms with Crippen molar-refractivity contribution in [3.63, 3.8) is 0 Å². The molecule has 0 saturated carbocycles. The molecule has 0 aliphatic rings. The molecule has 0 radical (unpaired) electrons. The Labute approximate surface area is 167 Å². The smallest absolute Gasteiger partial charge is 0.249 e. The Morgan fingerprint density at radius 3 is 2.66 bits per heavy atom. The minimum absolute atomic E-state index is 0.393. The third kappa shape index (κ3) is 4.67. The molecule has 0 bridgehead atoms. The molecule has 2 aromatic heterocycles. The van der Waals surface area contributed by atoms with Crippen LogP contribution >= 0.6 is 0 Å². The minimum Gasteiger partial charge on any atom is -0.497 e. The fraction of sp³-hybridized carbons (Fsp3) is 0.143. The largest absolute Gasteiger partial charge is 0.497 e. The Morgan fingerprint density at radius 1 is 0.966 bits per heavy atom. The number of rotatable bonds is 8. The van der Waals surface area contributed by atoms with Crippen molar-refractivity contribution < 1.29 is 9.47 Å². The van der Waals surface area contributed by atoms with E-state index in [4.69, 9.17) is 9.47 Å². The van der Waals surface area contributed by atoms with E-state index in [1.807, 2.05) is 54.6 Å². The molecule has 0 fully saturated rings. The Kier molecular flexibility index (Phi) is 5.61. The zero-order valence-electron chi connectivity index (χ0n) is 15.9. The summed E-state index contributed by atoms with van der Waals surface area (Å²) in [6.07, 6.45) is 3.33. The van der Waals surface area contributed by atoms with Gasteiger partial charge < -0.3 is 20.1 Å². The predicted molar refractivity (Wildman–Crippen MR) is 112 cm³/mol. The van der Waals surface area contributed by atoms with Crippen LogP contribution in [0.2, 0.25) is 0 Å². The number of hydrogen-bond acceptors (Lipinski definition) is 8. The van der Waals surface area contributed by atoms with Crippen molar-refractivity contribution in [1.29, 1.82) is 0 Å². The fourth-order valence-corrected chi connectivity index (χ4v) is 2.79. The van der Waals surface area contributed by atoms with Gasteiger partial charge in [-0.25, -0.2) is 0 Å². The van der Waals surface area contributed by atoms with Crippen molar-refractivity contribution in [3.8, 4) is 11.5 Å². The van der Waals surface area contributed by atoms with Crippen LogP contribution < -0.4 is 20.1 Å². The first-order valence-corrected chi connectivity index (χ1v) is 9.13. The van der Waals surface area contributed by atoms with Crippen LogP contribution in [0.3, 0.4) is 0 Å². The van der Waals surface area contributed by atoms with Crippen molar-refractivity contribution in [2.75, 3.05) is 30.9 Å². The molecule has 2 aromatic carbocycles. The van der Waals surface area contributed by atoms with E-state index in [2.05, 4.69) is 30.8 Å². The van der Waals surface area contributed by atoms with Gasteiger partial charge in [0.25, 0.3) is 0 Å². The number of para-hydroxylation sites is 1. The zero-order valence-corrected chi connectivity index (χ0v) is 15.9. The summed E-state index contributed by atoms with van der Waals surface area (Å²) >= 11 is 0. The van der Waals surface area contributed by atoms with Gasteiger partial charge in [0, 0.05) is 11.6 Å². The van der Waals surface area contributed by atoms with Gasteiger partial charge in [-0.1, -0.05) is 18.2 Å². The van der Waals surface area contributed by atoms with E-state index >= 15 is 0 Å². The molecule has 8 heteroatoms. The third-order valence-electron chi connectivity index (χ3n) is 4.17. The first-order valence-electron chi connectivity index (χ1n) is 9.13. The van der Waals surface area contributed by atoms with Crippen molar-refractivity contribution in [2.45, 2.75) is 0 Å². The highest BCUT2D eigenvalue weighted by molar-refractivity contribution is 5.91. The highest BCUT2D eigenvalue weighted by atomic mass is 16.5. The molecule has 0 aliphatic heterocycles. The van der Waals surface area contributed by atoms with E-state index in [1.165, 1.54) is 0 Å². The zero-order chi connectivity index (χ0) is 19.9. The summed E-state index contributed by atoms with van der Waals surface area (Å²) in [4.78, 5) is 8.87. The highest BCUT2D eigenvalue weighted by Crippen LogP contribution is 2.23. The van der Waals surface area contributed by atoms with Gasteiger partial charge in [-0.15, -0.1) is 5.10 Å². The summed E-state index contributed by atoms with van der Waals surface area (Å²) in [5.41, 5.74) is 1.68. The summed E-state index contributed by atoms with van der Waals surface area (Å²) in [6, 6.07) is 17.3. The lowest BCUT2D eigenvalue weighted by Crippen LogP contribution is -2.13. The first kappa shape index (κ1) is 18.4. The molecular formula is C21H20N6O2. The van der Waals surface area contributed by atoms with Crippen LogP contribution in [-0.2, 0) is 0 Å². The molecule has 4 aromatic rings. The second-order valence-electron chi connectivity index (χ2n) is 6.12. The van der Waals surface area contributed by atoms with Gasteiger partial charge in [0.2, 0.25) is 5.95 Å². The number of methoxy groups -OCH3 is 1. The van der Waals surface area contributed by atoms with Crippen molar-refractivity contribution in [2.24, 2.45) is 0 Å². The topological polar surface area (TPSA) is 94.1 Å². The quantitative estimate of drug-likeness (QED) is 0.442. The van der Waals surface area contributed by atoms with Crippen LogP contribution in [0, 0.1) is 0 Å². The number of ether oxygens (including phenoxy) is 2. The first-order chi connectivity index (χ1) is 14.3. The number of hydrogen-bond donors (Lipinski definition) is 2. The van der Waals surface area contributed by atoms with Gasteiger partial charge in [0.15, 0.2) is 5.82 Å². The summed E-state index contributed by atoms with van der Waals surface area (Å²) in [5, 5.41) is 15.5. The SMILES string of the molecule is COc1ccc(OCCNc2cnnc(Nc3cccc4cccnc34)n2)cc1. The summed E-state index contributed by atoms with van der Waals surface area (Å²) in [5.74, 6) is 2.57. The van der Waals surface area contributed by atoms with E-state index in [1.54, 1.807) is 19.5 Å². The maximum Gasteiger partial charge on any atom is 0.249 e. The molecule has 0 unspecified atom stereocenters. The Bertz CT molecular complexity index is 1080. The van der Waals surface area contributed by atoms with Gasteiger partial charge in [-0.3, -0.25) is 4.98 Å². The van der Waals surface area contributed by atoms with Crippen LogP contribution in [0.25, 0.3) is 10.9 Å². The lowest BCUT2D eigenvalue weighted by molar-refractivity contribution is 0.331. The molecule has 0 aliphatic carbocycles. The number of aromatic nitrogens is 4. The third-order valence-corrected chi connectivity index (χ3v) is 4.17. The molecule has 4 rings (SSSR count). The standard InChI is InChI=1S/C21H20N6O2/c1-28-16-7-9-17(10-8-16)29-13-12-22-19-14-24-27-21(26-19)25-18-6-2-4-15-5-3-11-23-20(15)18/h2-11,14H,12-13H2,1H3,(H2,22,25,26,27). The number of nitrogens with zero attached hydrogens (tertiary/aromatic N) is 4. The van der Waals surface area contributed by atoms with E-state index in [0.717, 1.165) is 28.1 Å². The maximum atomic E-state index is 5.70. The van der Waals surface area contributed by atoms with E-state index < -0.39 is 0 Å². The minimum atomic E-state index is 0.393. The number of pyridine rings is 1. The van der Waals surface area contributed by atoms with Crippen LogP contribution in [-0.4, -0.2) is 40.4 Å². The van der Waals surface area contributed by atoms with Crippen LogP contribution in [0.1, 0.15) is 0 Å². The summed E-state index contributed by atoms with van der Waals surface area (Å²) < 4.78 is 10.8. The normalized spacial score (nSPS) is 10.5. The van der Waals surface area contributed by atoms with Crippen molar-refractivity contribution in [1.82, 2.24) is 20.2 Å². The maximum absolute atomic E-state index is 5.70. The Balaban J connectivity index is 1.34. The molecule has 0 atom stereocenters. The van der Waals surface area contributed by atoms with Gasteiger partial charge in [0.05, 0.1) is 31.1 Å². The molecule has 0 spiro atoms. The molecule has 0 saturated heterocycles. The van der Waals surface area contributed by atoms with Crippen molar-refractivity contribution in [3.05, 3.63) is 67.0 Å². The predicted octanol–water partition coefficient (Wildman–Crippen LogP) is 3.66. The second kappa shape index (κ2) is 8.83. The fourth-order valence-electron chi connectivity index (χ4n) is 2.79. The second-order valence-corrected chi connectivity index (χ2v) is 6.12. The van der Waals surface area contributed by atoms with E-state index in [9.17, 15) is 0 Å². The van der Waals surface area contributed by atoms with Crippen LogP contribution in [0.4, 0.5) is 17.5 Å². The molecule has 8 nitrogen and oxygen atoms in total. The molecule has 2 heterocycles. The molecule has 146 valence electrons. The van der Waals surface area contributed by atoms with Crippen molar-refractivity contribution >= 4 is 28.4 Å². The average Bonchev–Trinajstić information content (AvgIpc) is 2.78. The number of fused-ring (bicyclic) bond motifs is 1. The summed E-state index contributed by atoms with van der Waals surface area (Å²) in [7, 11) is 1.63. The molecule has 0 amide bonds. The number of nitrogens with one attached hydrogen (secondary N) is 2. The lowest BCUT2D eigenvalue weighted by atomic mass is 10.2. The Hall–Kier alpha value is -3.94. The van der Waals surface area contributed by atoms with Gasteiger partial charge in [-0.2, -0.15) is 10.1 Å². The van der Waals surface area contributed by atoms with E-state index in [0.29, 0.717) is 24.9 Å². The molecule has 29 heavy (non-hydrogen) atoms. The summed E-state index contributed by atoms with van der Waals surface area (Å²) in [6.45, 7) is 1.05. The van der Waals surface area contributed by atoms with Gasteiger partial charge in [-0.05, 0) is 36.4 Å². The van der Waals surface area contributed by atoms with Crippen LogP contribution in [0.15, 0.2) is 67.0 Å². The van der Waals surface area contributed by atoms with Crippen LogP contribution in [0.5, 0.6) is 11.5 Å². The number of anilines is 3. The molecular weight excluding hydrogens is 368 g/mol. The number of benzene rings is 2. The Morgan fingerprint density at radius 2 is 1.79 bits per heavy atom. The van der Waals surface area contributed by atoms with Gasteiger partial charge >= 0.3 is 0 Å². The molecule has 2 N–H and O–H groups in total. The lowest BCUT2D eigenvalue weighted by Gasteiger charge is -2.10. The van der Waals surface area contributed by atoms with E-state index in [-0.39, 0.29) is 0 Å². The van der Waals surface area contributed by atoms with Gasteiger partial charge in [0.1, 0.15) is 18.1 Å².